The van der Waals surface area contributed by atoms with Crippen molar-refractivity contribution >= 4 is 33.2 Å². The highest BCUT2D eigenvalue weighted by atomic mass is 35.5. The van der Waals surface area contributed by atoms with Crippen LogP contribution in [0.2, 0.25) is 5.02 Å². The van der Waals surface area contributed by atoms with E-state index in [9.17, 15) is 13.2 Å². The van der Waals surface area contributed by atoms with Crippen LogP contribution in [0.15, 0.2) is 51.9 Å². The summed E-state index contributed by atoms with van der Waals surface area (Å²) in [5.74, 6) is 0.813. The maximum atomic E-state index is 13.2. The van der Waals surface area contributed by atoms with Gasteiger partial charge in [-0.15, -0.1) is 0 Å². The lowest BCUT2D eigenvalue weighted by Crippen LogP contribution is -2.40. The van der Waals surface area contributed by atoms with Crippen LogP contribution in [-0.2, 0) is 21.4 Å². The minimum atomic E-state index is -3.73. The van der Waals surface area contributed by atoms with Crippen LogP contribution in [-0.4, -0.2) is 55.6 Å². The molecule has 2 N–H and O–H groups in total. The van der Waals surface area contributed by atoms with Gasteiger partial charge in [-0.1, -0.05) is 16.8 Å². The molecule has 2 heterocycles. The molecule has 1 amide bonds. The number of anilines is 1. The maximum Gasteiger partial charge on any atom is 0.241 e. The molecule has 0 bridgehead atoms. The molecule has 10 nitrogen and oxygen atoms in total. The Morgan fingerprint density at radius 1 is 1.24 bits per heavy atom. The van der Waals surface area contributed by atoms with E-state index in [-0.39, 0.29) is 22.8 Å². The second-order valence-corrected chi connectivity index (χ2v) is 11.4. The number of amides is 1. The fourth-order valence-electron chi connectivity index (χ4n) is 4.20. The third-order valence-electron chi connectivity index (χ3n) is 5.94. The van der Waals surface area contributed by atoms with Crippen molar-refractivity contribution in [3.05, 3.63) is 53.4 Å². The van der Waals surface area contributed by atoms with Gasteiger partial charge >= 0.3 is 0 Å². The van der Waals surface area contributed by atoms with E-state index in [1.165, 1.54) is 25.3 Å². The van der Waals surface area contributed by atoms with Gasteiger partial charge in [0.2, 0.25) is 27.6 Å². The van der Waals surface area contributed by atoms with Crippen molar-refractivity contribution in [2.75, 3.05) is 25.5 Å². The molecule has 12 heteroatoms. The van der Waals surface area contributed by atoms with Gasteiger partial charge in [0.05, 0.1) is 30.2 Å². The van der Waals surface area contributed by atoms with E-state index in [4.69, 9.17) is 20.9 Å². The number of rotatable bonds is 9. The summed E-state index contributed by atoms with van der Waals surface area (Å²) < 4.78 is 38.5. The van der Waals surface area contributed by atoms with E-state index < -0.39 is 10.0 Å². The van der Waals surface area contributed by atoms with Gasteiger partial charge in [-0.2, -0.15) is 4.98 Å². The molecule has 3 aromatic rings. The Morgan fingerprint density at radius 3 is 2.70 bits per heavy atom. The van der Waals surface area contributed by atoms with Gasteiger partial charge in [-0.05, 0) is 75.7 Å². The molecule has 1 aliphatic heterocycles. The first kappa shape index (κ1) is 27.1. The first-order chi connectivity index (χ1) is 17.6. The molecular formula is C25H30ClN5O5S. The minimum absolute atomic E-state index is 0.0513. The quantitative estimate of drug-likeness (QED) is 0.412. The number of halogens is 1. The number of benzene rings is 2. The first-order valence-corrected chi connectivity index (χ1v) is 13.8. The summed E-state index contributed by atoms with van der Waals surface area (Å²) in [5.41, 5.74) is 1.11. The van der Waals surface area contributed by atoms with E-state index in [1.807, 2.05) is 12.1 Å². The predicted molar refractivity (Wildman–Crippen MR) is 140 cm³/mol. The van der Waals surface area contributed by atoms with Crippen LogP contribution in [0.1, 0.15) is 32.6 Å². The second-order valence-electron chi connectivity index (χ2n) is 9.22. The van der Waals surface area contributed by atoms with E-state index in [2.05, 4.69) is 25.1 Å². The Kier molecular flexibility index (Phi) is 8.48. The Morgan fingerprint density at radius 2 is 2.00 bits per heavy atom. The van der Waals surface area contributed by atoms with Crippen molar-refractivity contribution in [2.24, 2.45) is 5.92 Å². The highest BCUT2D eigenvalue weighted by Crippen LogP contribution is 2.29. The standard InChI is InChI=1S/C25H30ClN5O5S/c1-16(2)30-37(33,34)20-10-11-22(35-3)21(13-20)27-25(32)18-5-4-12-31(14-18)15-23-28-24(29-36-23)17-6-8-19(26)9-7-17/h6-11,13,16,18,30H,4-5,12,14-15H2,1-3H3,(H,27,32). The van der Waals surface area contributed by atoms with E-state index >= 15 is 0 Å². The lowest BCUT2D eigenvalue weighted by atomic mass is 9.97. The van der Waals surface area contributed by atoms with Crippen LogP contribution >= 0.6 is 11.6 Å². The van der Waals surface area contributed by atoms with Gasteiger partial charge < -0.3 is 14.6 Å². The smallest absolute Gasteiger partial charge is 0.241 e. The number of piperidine rings is 1. The van der Waals surface area contributed by atoms with Gasteiger partial charge in [0.1, 0.15) is 5.75 Å². The molecule has 1 saturated heterocycles. The number of nitrogens with one attached hydrogen (secondary N) is 2. The van der Waals surface area contributed by atoms with Crippen LogP contribution < -0.4 is 14.8 Å². The Bertz CT molecular complexity index is 1340. The third kappa shape index (κ3) is 6.86. The van der Waals surface area contributed by atoms with Crippen molar-refractivity contribution in [3.63, 3.8) is 0 Å². The van der Waals surface area contributed by atoms with Crippen molar-refractivity contribution in [1.29, 1.82) is 0 Å². The molecule has 1 aliphatic rings. The first-order valence-electron chi connectivity index (χ1n) is 12.0. The Balaban J connectivity index is 1.42. The van der Waals surface area contributed by atoms with Gasteiger partial charge in [-0.25, -0.2) is 13.1 Å². The summed E-state index contributed by atoms with van der Waals surface area (Å²) >= 11 is 5.95. The zero-order valence-electron chi connectivity index (χ0n) is 20.9. The van der Waals surface area contributed by atoms with E-state index in [0.29, 0.717) is 47.7 Å². The number of nitrogens with zero attached hydrogens (tertiary/aromatic N) is 3. The average Bonchev–Trinajstić information content (AvgIpc) is 3.32. The topological polar surface area (TPSA) is 127 Å². The maximum absolute atomic E-state index is 13.2. The summed E-state index contributed by atoms with van der Waals surface area (Å²) in [6.45, 7) is 5.19. The summed E-state index contributed by atoms with van der Waals surface area (Å²) in [7, 11) is -2.26. The van der Waals surface area contributed by atoms with Crippen LogP contribution in [0.25, 0.3) is 11.4 Å². The number of ether oxygens (including phenoxy) is 1. The number of hydrogen-bond donors (Lipinski definition) is 2. The van der Waals surface area contributed by atoms with Gasteiger partial charge in [0.15, 0.2) is 0 Å². The SMILES string of the molecule is COc1ccc(S(=O)(=O)NC(C)C)cc1NC(=O)C1CCCN(Cc2nc(-c3ccc(Cl)cc3)no2)C1. The van der Waals surface area contributed by atoms with Crippen molar-refractivity contribution in [2.45, 2.75) is 44.2 Å². The molecular weight excluding hydrogens is 518 g/mol. The lowest BCUT2D eigenvalue weighted by Gasteiger charge is -2.31. The number of hydrogen-bond acceptors (Lipinski definition) is 8. The largest absolute Gasteiger partial charge is 0.495 e. The predicted octanol–water partition coefficient (Wildman–Crippen LogP) is 3.94. The molecule has 0 aliphatic carbocycles. The molecule has 1 unspecified atom stereocenters. The number of likely N-dealkylation sites (tertiary alicyclic amines) is 1. The van der Waals surface area contributed by atoms with Crippen LogP contribution in [0, 0.1) is 5.92 Å². The molecule has 1 atom stereocenters. The normalized spacial score (nSPS) is 16.6. The van der Waals surface area contributed by atoms with Crippen molar-refractivity contribution in [3.8, 4) is 17.1 Å². The number of sulfonamides is 1. The summed E-state index contributed by atoms with van der Waals surface area (Å²) in [6, 6.07) is 11.3. The zero-order chi connectivity index (χ0) is 26.6. The molecule has 0 saturated carbocycles. The van der Waals surface area contributed by atoms with Crippen LogP contribution in [0.5, 0.6) is 5.75 Å². The molecule has 37 heavy (non-hydrogen) atoms. The number of carbonyl (C=O) groups excluding carboxylic acids is 1. The molecule has 198 valence electrons. The minimum Gasteiger partial charge on any atom is -0.495 e. The lowest BCUT2D eigenvalue weighted by molar-refractivity contribution is -0.121. The number of carbonyl (C=O) groups is 1. The Labute approximate surface area is 221 Å². The average molecular weight is 548 g/mol. The van der Waals surface area contributed by atoms with Gasteiger partial charge in [0.25, 0.3) is 0 Å². The highest BCUT2D eigenvalue weighted by Gasteiger charge is 2.28. The fraction of sp³-hybridized carbons (Fsp3) is 0.400. The number of methoxy groups -OCH3 is 1. The third-order valence-corrected chi connectivity index (χ3v) is 7.84. The molecule has 1 fully saturated rings. The molecule has 1 aromatic heterocycles. The fourth-order valence-corrected chi connectivity index (χ4v) is 5.61. The summed E-state index contributed by atoms with van der Waals surface area (Å²) in [5, 5.41) is 7.55. The van der Waals surface area contributed by atoms with E-state index in [1.54, 1.807) is 26.0 Å². The summed E-state index contributed by atoms with van der Waals surface area (Å²) in [4.78, 5) is 19.8. The zero-order valence-corrected chi connectivity index (χ0v) is 22.5. The second kappa shape index (κ2) is 11.6. The van der Waals surface area contributed by atoms with Crippen LogP contribution in [0.4, 0.5) is 5.69 Å². The van der Waals surface area contributed by atoms with Crippen LogP contribution in [0.3, 0.4) is 0 Å². The summed E-state index contributed by atoms with van der Waals surface area (Å²) in [6.07, 6.45) is 1.53. The molecule has 2 aromatic carbocycles. The van der Waals surface area contributed by atoms with Gasteiger partial charge in [0, 0.05) is 23.2 Å². The van der Waals surface area contributed by atoms with Gasteiger partial charge in [-0.3, -0.25) is 9.69 Å². The number of aromatic nitrogens is 2. The van der Waals surface area contributed by atoms with Crippen molar-refractivity contribution < 1.29 is 22.5 Å². The van der Waals surface area contributed by atoms with Crippen molar-refractivity contribution in [1.82, 2.24) is 19.8 Å². The molecule has 4 rings (SSSR count). The molecule has 0 spiro atoms. The monoisotopic (exact) mass is 547 g/mol. The Hall–Kier alpha value is -2.99. The molecule has 0 radical (unpaired) electrons. The van der Waals surface area contributed by atoms with E-state index in [0.717, 1.165) is 18.5 Å². The highest BCUT2D eigenvalue weighted by molar-refractivity contribution is 7.89.